The highest BCUT2D eigenvalue weighted by molar-refractivity contribution is 5.17. The number of alkyl halides is 3. The maximum Gasteiger partial charge on any atom is 0.411 e. The van der Waals surface area contributed by atoms with Crippen LogP contribution >= 0.6 is 0 Å². The number of rotatable bonds is 7. The molecule has 0 spiro atoms. The van der Waals surface area contributed by atoms with Gasteiger partial charge in [-0.2, -0.15) is 13.2 Å². The average Bonchev–Trinajstić information content (AvgIpc) is 2.30. The smallest absolute Gasteiger partial charge is 0.372 e. The molecule has 0 saturated heterocycles. The number of halogens is 4. The van der Waals surface area contributed by atoms with Crippen LogP contribution in [-0.4, -0.2) is 33.0 Å². The zero-order chi connectivity index (χ0) is 14.3. The third-order valence-corrected chi connectivity index (χ3v) is 2.58. The van der Waals surface area contributed by atoms with Crippen molar-refractivity contribution in [3.05, 3.63) is 35.6 Å². The molecule has 0 heterocycles. The number of ether oxygens (including phenoxy) is 1. The van der Waals surface area contributed by atoms with Crippen LogP contribution in [0.15, 0.2) is 24.3 Å². The fourth-order valence-corrected chi connectivity index (χ4v) is 1.79. The lowest BCUT2D eigenvalue weighted by Crippen LogP contribution is -2.28. The molecule has 0 amide bonds. The summed E-state index contributed by atoms with van der Waals surface area (Å²) >= 11 is 0. The summed E-state index contributed by atoms with van der Waals surface area (Å²) in [6.45, 7) is -0.870. The maximum atomic E-state index is 13.5. The molecule has 0 aliphatic rings. The van der Waals surface area contributed by atoms with Gasteiger partial charge in [0.05, 0.1) is 6.61 Å². The Morgan fingerprint density at radius 2 is 1.95 bits per heavy atom. The largest absolute Gasteiger partial charge is 0.411 e. The SMILES string of the molecule is CNCC(COCC(F)(F)F)Cc1ccccc1F. The van der Waals surface area contributed by atoms with Gasteiger partial charge in [-0.25, -0.2) is 4.39 Å². The predicted octanol–water partition coefficient (Wildman–Crippen LogP) is 2.78. The lowest BCUT2D eigenvalue weighted by Gasteiger charge is -2.18. The summed E-state index contributed by atoms with van der Waals surface area (Å²) in [4.78, 5) is 0. The van der Waals surface area contributed by atoms with E-state index < -0.39 is 12.8 Å². The van der Waals surface area contributed by atoms with E-state index in [1.807, 2.05) is 0 Å². The first kappa shape index (κ1) is 15.9. The van der Waals surface area contributed by atoms with Crippen molar-refractivity contribution in [1.82, 2.24) is 5.32 Å². The third kappa shape index (κ3) is 6.54. The van der Waals surface area contributed by atoms with E-state index >= 15 is 0 Å². The third-order valence-electron chi connectivity index (χ3n) is 2.58. The second-order valence-electron chi connectivity index (χ2n) is 4.35. The molecular formula is C13H17F4NO. The minimum Gasteiger partial charge on any atom is -0.372 e. The van der Waals surface area contributed by atoms with Crippen LogP contribution in [0, 0.1) is 11.7 Å². The van der Waals surface area contributed by atoms with E-state index in [1.165, 1.54) is 6.07 Å². The van der Waals surface area contributed by atoms with Crippen molar-refractivity contribution in [2.75, 3.05) is 26.8 Å². The van der Waals surface area contributed by atoms with Crippen LogP contribution in [0.5, 0.6) is 0 Å². The Balaban J connectivity index is 2.51. The fraction of sp³-hybridized carbons (Fsp3) is 0.538. The fourth-order valence-electron chi connectivity index (χ4n) is 1.79. The van der Waals surface area contributed by atoms with Gasteiger partial charge in [0.2, 0.25) is 0 Å². The van der Waals surface area contributed by atoms with Crippen molar-refractivity contribution in [3.63, 3.8) is 0 Å². The Bertz CT molecular complexity index is 381. The summed E-state index contributed by atoms with van der Waals surface area (Å²) in [5.74, 6) is -0.552. The number of benzene rings is 1. The van der Waals surface area contributed by atoms with Gasteiger partial charge < -0.3 is 10.1 Å². The van der Waals surface area contributed by atoms with Gasteiger partial charge in [0.15, 0.2) is 0 Å². The molecule has 0 aliphatic heterocycles. The maximum absolute atomic E-state index is 13.5. The van der Waals surface area contributed by atoms with Gasteiger partial charge in [-0.05, 0) is 31.0 Å². The van der Waals surface area contributed by atoms with Crippen LogP contribution in [-0.2, 0) is 11.2 Å². The molecule has 0 bridgehead atoms. The van der Waals surface area contributed by atoms with Gasteiger partial charge in [0.1, 0.15) is 12.4 Å². The van der Waals surface area contributed by atoms with Gasteiger partial charge in [-0.3, -0.25) is 0 Å². The van der Waals surface area contributed by atoms with Crippen molar-refractivity contribution in [1.29, 1.82) is 0 Å². The Kier molecular flexibility index (Phi) is 6.24. The summed E-state index contributed by atoms with van der Waals surface area (Å²) in [5, 5.41) is 2.87. The first-order valence-corrected chi connectivity index (χ1v) is 5.95. The van der Waals surface area contributed by atoms with Crippen LogP contribution in [0.3, 0.4) is 0 Å². The van der Waals surface area contributed by atoms with Crippen LogP contribution < -0.4 is 5.32 Å². The Morgan fingerprint density at radius 3 is 2.53 bits per heavy atom. The second-order valence-corrected chi connectivity index (χ2v) is 4.35. The van der Waals surface area contributed by atoms with Crippen molar-refractivity contribution in [2.24, 2.45) is 5.92 Å². The first-order valence-electron chi connectivity index (χ1n) is 5.95. The normalized spacial score (nSPS) is 13.5. The molecule has 0 aromatic heterocycles. The standard InChI is InChI=1S/C13H17F4NO/c1-18-7-10(8-19-9-13(15,16)17)6-11-4-2-3-5-12(11)14/h2-5,10,18H,6-9H2,1H3. The summed E-state index contributed by atoms with van der Waals surface area (Å²) in [6, 6.07) is 6.24. The van der Waals surface area contributed by atoms with Gasteiger partial charge in [0, 0.05) is 6.54 Å². The van der Waals surface area contributed by atoms with Gasteiger partial charge in [-0.15, -0.1) is 0 Å². The molecule has 0 saturated carbocycles. The Morgan fingerprint density at radius 1 is 1.26 bits per heavy atom. The van der Waals surface area contributed by atoms with Gasteiger partial charge >= 0.3 is 6.18 Å². The highest BCUT2D eigenvalue weighted by Crippen LogP contribution is 2.17. The summed E-state index contributed by atoms with van der Waals surface area (Å²) in [5.41, 5.74) is 0.485. The van der Waals surface area contributed by atoms with E-state index in [0.29, 0.717) is 18.5 Å². The minimum absolute atomic E-state index is 0.0608. The van der Waals surface area contributed by atoms with Crippen molar-refractivity contribution in [2.45, 2.75) is 12.6 Å². The van der Waals surface area contributed by atoms with Gasteiger partial charge in [-0.1, -0.05) is 18.2 Å². The lowest BCUT2D eigenvalue weighted by molar-refractivity contribution is -0.176. The van der Waals surface area contributed by atoms with E-state index in [4.69, 9.17) is 0 Å². The van der Waals surface area contributed by atoms with Crippen LogP contribution in [0.2, 0.25) is 0 Å². The molecular weight excluding hydrogens is 262 g/mol. The van der Waals surface area contributed by atoms with Crippen molar-refractivity contribution in [3.8, 4) is 0 Å². The zero-order valence-corrected chi connectivity index (χ0v) is 10.6. The van der Waals surface area contributed by atoms with E-state index in [1.54, 1.807) is 25.2 Å². The molecule has 0 radical (unpaired) electrons. The molecule has 1 atom stereocenters. The first-order chi connectivity index (χ1) is 8.92. The highest BCUT2D eigenvalue weighted by atomic mass is 19.4. The molecule has 0 fully saturated rings. The predicted molar refractivity (Wildman–Crippen MR) is 64.4 cm³/mol. The molecule has 2 nitrogen and oxygen atoms in total. The van der Waals surface area contributed by atoms with E-state index in [-0.39, 0.29) is 18.3 Å². The topological polar surface area (TPSA) is 21.3 Å². The number of hydrogen-bond donors (Lipinski definition) is 1. The highest BCUT2D eigenvalue weighted by Gasteiger charge is 2.28. The number of hydrogen-bond acceptors (Lipinski definition) is 2. The lowest BCUT2D eigenvalue weighted by atomic mass is 9.99. The summed E-state index contributed by atoms with van der Waals surface area (Å²) in [6.07, 6.45) is -3.99. The van der Waals surface area contributed by atoms with Crippen LogP contribution in [0.4, 0.5) is 17.6 Å². The van der Waals surface area contributed by atoms with Crippen molar-refractivity contribution >= 4 is 0 Å². The summed E-state index contributed by atoms with van der Waals surface area (Å²) < 4.78 is 54.0. The van der Waals surface area contributed by atoms with Crippen molar-refractivity contribution < 1.29 is 22.3 Å². The second kappa shape index (κ2) is 7.45. The average molecular weight is 279 g/mol. The minimum atomic E-state index is -4.33. The van der Waals surface area contributed by atoms with E-state index in [2.05, 4.69) is 10.1 Å². The summed E-state index contributed by atoms with van der Waals surface area (Å²) in [7, 11) is 1.69. The Hall–Kier alpha value is -1.14. The quantitative estimate of drug-likeness (QED) is 0.775. The molecule has 19 heavy (non-hydrogen) atoms. The molecule has 0 aliphatic carbocycles. The number of nitrogens with one attached hydrogen (secondary N) is 1. The van der Waals surface area contributed by atoms with Gasteiger partial charge in [0.25, 0.3) is 0 Å². The van der Waals surface area contributed by atoms with E-state index in [9.17, 15) is 17.6 Å². The molecule has 1 unspecified atom stereocenters. The van der Waals surface area contributed by atoms with Crippen LogP contribution in [0.25, 0.3) is 0 Å². The monoisotopic (exact) mass is 279 g/mol. The molecule has 1 aromatic carbocycles. The van der Waals surface area contributed by atoms with E-state index in [0.717, 1.165) is 0 Å². The molecule has 108 valence electrons. The molecule has 1 rings (SSSR count). The molecule has 1 aromatic rings. The molecule has 1 N–H and O–H groups in total. The Labute approximate surface area is 109 Å². The zero-order valence-electron chi connectivity index (χ0n) is 10.6. The molecule has 6 heteroatoms. The van der Waals surface area contributed by atoms with Crippen LogP contribution in [0.1, 0.15) is 5.56 Å².